The van der Waals surface area contributed by atoms with E-state index in [-0.39, 0.29) is 11.7 Å². The fourth-order valence-corrected chi connectivity index (χ4v) is 2.38. The molecular weight excluding hydrogens is 279 g/mol. The summed E-state index contributed by atoms with van der Waals surface area (Å²) in [6.45, 7) is 1.12. The van der Waals surface area contributed by atoms with E-state index in [1.54, 1.807) is 17.6 Å². The molecule has 3 N–H and O–H groups in total. The number of amidine groups is 1. The Kier molecular flexibility index (Phi) is 4.65. The van der Waals surface area contributed by atoms with Gasteiger partial charge in [0.05, 0.1) is 11.2 Å². The Morgan fingerprint density at radius 3 is 2.90 bits per heavy atom. The fourth-order valence-electron chi connectivity index (χ4n) is 1.83. The Morgan fingerprint density at radius 1 is 1.50 bits per heavy atom. The molecule has 2 rings (SSSR count). The molecule has 0 radical (unpaired) electrons. The van der Waals surface area contributed by atoms with Crippen LogP contribution in [0.15, 0.2) is 34.2 Å². The predicted octanol–water partition coefficient (Wildman–Crippen LogP) is 2.01. The second-order valence-corrected chi connectivity index (χ2v) is 5.16. The molecule has 0 aliphatic carbocycles. The van der Waals surface area contributed by atoms with E-state index in [9.17, 15) is 4.39 Å². The Hall–Kier alpha value is -1.99. The molecule has 0 amide bonds. The van der Waals surface area contributed by atoms with Crippen molar-refractivity contribution in [3.05, 3.63) is 51.7 Å². The number of oxime groups is 1. The quantitative estimate of drug-likeness (QED) is 0.383. The van der Waals surface area contributed by atoms with Crippen LogP contribution in [-0.2, 0) is 13.1 Å². The van der Waals surface area contributed by atoms with E-state index in [0.29, 0.717) is 24.2 Å². The Morgan fingerprint density at radius 2 is 2.30 bits per heavy atom. The van der Waals surface area contributed by atoms with E-state index in [0.717, 1.165) is 5.69 Å². The normalized spacial score (nSPS) is 12.1. The van der Waals surface area contributed by atoms with Gasteiger partial charge in [-0.15, -0.1) is 11.3 Å². The Bertz CT molecular complexity index is 600. The third kappa shape index (κ3) is 3.52. The van der Waals surface area contributed by atoms with Gasteiger partial charge in [0.15, 0.2) is 5.84 Å². The summed E-state index contributed by atoms with van der Waals surface area (Å²) in [7, 11) is 1.90. The molecule has 0 spiro atoms. The number of thiazole rings is 1. The molecule has 0 atom stereocenters. The van der Waals surface area contributed by atoms with Crippen LogP contribution in [0.5, 0.6) is 0 Å². The van der Waals surface area contributed by atoms with Crippen molar-refractivity contribution >= 4 is 17.2 Å². The van der Waals surface area contributed by atoms with Gasteiger partial charge in [0.1, 0.15) is 5.82 Å². The van der Waals surface area contributed by atoms with Crippen molar-refractivity contribution < 1.29 is 9.60 Å². The van der Waals surface area contributed by atoms with Gasteiger partial charge in [-0.25, -0.2) is 9.37 Å². The van der Waals surface area contributed by atoms with Crippen LogP contribution in [0.2, 0.25) is 0 Å². The minimum absolute atomic E-state index is 0.105. The van der Waals surface area contributed by atoms with E-state index in [4.69, 9.17) is 10.9 Å². The van der Waals surface area contributed by atoms with Gasteiger partial charge in [0.25, 0.3) is 0 Å². The molecule has 0 unspecified atom stereocenters. The number of aromatic nitrogens is 1. The Labute approximate surface area is 120 Å². The maximum absolute atomic E-state index is 14.0. The minimum atomic E-state index is -0.376. The summed E-state index contributed by atoms with van der Waals surface area (Å²) in [5.41, 5.74) is 9.07. The second-order valence-electron chi connectivity index (χ2n) is 4.44. The summed E-state index contributed by atoms with van der Waals surface area (Å²) in [4.78, 5) is 6.16. The molecule has 5 nitrogen and oxygen atoms in total. The van der Waals surface area contributed by atoms with Crippen LogP contribution in [0.3, 0.4) is 0 Å². The molecule has 0 aliphatic heterocycles. The van der Waals surface area contributed by atoms with Crippen molar-refractivity contribution in [3.63, 3.8) is 0 Å². The number of nitrogens with two attached hydrogens (primary N) is 1. The van der Waals surface area contributed by atoms with Crippen LogP contribution in [0.1, 0.15) is 16.8 Å². The van der Waals surface area contributed by atoms with Crippen LogP contribution < -0.4 is 5.73 Å². The minimum Gasteiger partial charge on any atom is -0.409 e. The summed E-state index contributed by atoms with van der Waals surface area (Å²) < 4.78 is 14.0. The molecule has 0 saturated heterocycles. The van der Waals surface area contributed by atoms with Crippen LogP contribution in [0.4, 0.5) is 4.39 Å². The average molecular weight is 294 g/mol. The lowest BCUT2D eigenvalue weighted by molar-refractivity contribution is 0.310. The number of nitrogens with zero attached hydrogens (tertiary/aromatic N) is 3. The van der Waals surface area contributed by atoms with Gasteiger partial charge in [-0.2, -0.15) is 0 Å². The van der Waals surface area contributed by atoms with E-state index in [1.165, 1.54) is 17.4 Å². The van der Waals surface area contributed by atoms with Crippen molar-refractivity contribution in [3.8, 4) is 0 Å². The van der Waals surface area contributed by atoms with Gasteiger partial charge in [0, 0.05) is 29.6 Å². The first-order chi connectivity index (χ1) is 9.60. The molecule has 2 aromatic rings. The fraction of sp³-hybridized carbons (Fsp3) is 0.231. The lowest BCUT2D eigenvalue weighted by Crippen LogP contribution is -2.19. The second kappa shape index (κ2) is 6.44. The van der Waals surface area contributed by atoms with Crippen LogP contribution in [-0.4, -0.2) is 28.0 Å². The first-order valence-electron chi connectivity index (χ1n) is 5.92. The SMILES string of the molecule is CN(Cc1cscn1)Cc1ccc(C(N)=NO)cc1F. The first-order valence-corrected chi connectivity index (χ1v) is 6.86. The highest BCUT2D eigenvalue weighted by atomic mass is 32.1. The zero-order valence-corrected chi connectivity index (χ0v) is 11.8. The van der Waals surface area contributed by atoms with Crippen LogP contribution >= 0.6 is 11.3 Å². The molecule has 0 aliphatic rings. The average Bonchev–Trinajstić information content (AvgIpc) is 2.93. The van der Waals surface area contributed by atoms with E-state index in [1.807, 2.05) is 17.3 Å². The predicted molar refractivity (Wildman–Crippen MR) is 76.2 cm³/mol. The van der Waals surface area contributed by atoms with Crippen molar-refractivity contribution in [1.82, 2.24) is 9.88 Å². The summed E-state index contributed by atoms with van der Waals surface area (Å²) in [5.74, 6) is -0.481. The smallest absolute Gasteiger partial charge is 0.170 e. The summed E-state index contributed by atoms with van der Waals surface area (Å²) >= 11 is 1.54. The zero-order valence-electron chi connectivity index (χ0n) is 11.0. The molecular formula is C13H15FN4OS. The highest BCUT2D eigenvalue weighted by molar-refractivity contribution is 7.07. The largest absolute Gasteiger partial charge is 0.409 e. The summed E-state index contributed by atoms with van der Waals surface area (Å²) in [5, 5.41) is 13.4. The lowest BCUT2D eigenvalue weighted by atomic mass is 10.1. The topological polar surface area (TPSA) is 74.7 Å². The van der Waals surface area contributed by atoms with Crippen molar-refractivity contribution in [2.75, 3.05) is 7.05 Å². The number of hydrogen-bond donors (Lipinski definition) is 2. The third-order valence-corrected chi connectivity index (χ3v) is 3.45. The van der Waals surface area contributed by atoms with Crippen molar-refractivity contribution in [1.29, 1.82) is 0 Å². The standard InChI is InChI=1S/C13H15FN4OS/c1-18(6-11-7-20-8-16-11)5-10-3-2-9(4-12(10)14)13(15)17-19/h2-4,7-8,19H,5-6H2,1H3,(H2,15,17). The van der Waals surface area contributed by atoms with Gasteiger partial charge in [-0.3, -0.25) is 4.90 Å². The highest BCUT2D eigenvalue weighted by Crippen LogP contribution is 2.14. The maximum atomic E-state index is 14.0. The summed E-state index contributed by atoms with van der Waals surface area (Å²) in [6.07, 6.45) is 0. The van der Waals surface area contributed by atoms with Gasteiger partial charge in [0.2, 0.25) is 0 Å². The van der Waals surface area contributed by atoms with Gasteiger partial charge >= 0.3 is 0 Å². The monoisotopic (exact) mass is 294 g/mol. The van der Waals surface area contributed by atoms with E-state index in [2.05, 4.69) is 10.1 Å². The number of rotatable bonds is 5. The third-order valence-electron chi connectivity index (χ3n) is 2.81. The van der Waals surface area contributed by atoms with Gasteiger partial charge < -0.3 is 10.9 Å². The Balaban J connectivity index is 2.06. The van der Waals surface area contributed by atoms with E-state index >= 15 is 0 Å². The number of benzene rings is 1. The summed E-state index contributed by atoms with van der Waals surface area (Å²) in [6, 6.07) is 4.53. The molecule has 7 heteroatoms. The molecule has 1 aromatic carbocycles. The van der Waals surface area contributed by atoms with Crippen molar-refractivity contribution in [2.45, 2.75) is 13.1 Å². The molecule has 0 saturated carbocycles. The molecule has 20 heavy (non-hydrogen) atoms. The van der Waals surface area contributed by atoms with Crippen molar-refractivity contribution in [2.24, 2.45) is 10.9 Å². The molecule has 1 heterocycles. The zero-order chi connectivity index (χ0) is 14.5. The first kappa shape index (κ1) is 14.4. The highest BCUT2D eigenvalue weighted by Gasteiger charge is 2.09. The molecule has 1 aromatic heterocycles. The van der Waals surface area contributed by atoms with E-state index < -0.39 is 0 Å². The molecule has 0 bridgehead atoms. The van der Waals surface area contributed by atoms with Crippen LogP contribution in [0.25, 0.3) is 0 Å². The molecule has 0 fully saturated rings. The van der Waals surface area contributed by atoms with Crippen LogP contribution in [0, 0.1) is 5.82 Å². The van der Waals surface area contributed by atoms with Gasteiger partial charge in [-0.05, 0) is 13.1 Å². The lowest BCUT2D eigenvalue weighted by Gasteiger charge is -2.16. The maximum Gasteiger partial charge on any atom is 0.170 e. The molecule has 106 valence electrons. The number of hydrogen-bond acceptors (Lipinski definition) is 5. The number of halogens is 1. The van der Waals surface area contributed by atoms with Gasteiger partial charge in [-0.1, -0.05) is 17.3 Å².